The summed E-state index contributed by atoms with van der Waals surface area (Å²) >= 11 is 0. The summed E-state index contributed by atoms with van der Waals surface area (Å²) in [7, 11) is 0. The lowest BCUT2D eigenvalue weighted by Crippen LogP contribution is -2.05. The minimum Gasteiger partial charge on any atom is -0.423 e. The van der Waals surface area contributed by atoms with E-state index in [1.165, 1.54) is 0 Å². The molecule has 2 aromatic carbocycles. The summed E-state index contributed by atoms with van der Waals surface area (Å²) in [5, 5.41) is 51.9. The van der Waals surface area contributed by atoms with Crippen molar-refractivity contribution < 1.29 is 17.7 Å². The van der Waals surface area contributed by atoms with Crippen LogP contribution in [0.25, 0.3) is 0 Å². The summed E-state index contributed by atoms with van der Waals surface area (Å²) in [6.07, 6.45) is 6.28. The number of oxazole rings is 4. The second-order valence-corrected chi connectivity index (χ2v) is 13.7. The predicted molar refractivity (Wildman–Crippen MR) is 211 cm³/mol. The number of nitrogens with zero attached hydrogens (tertiary/aromatic N) is 8. The van der Waals surface area contributed by atoms with Crippen LogP contribution in [0, 0.1) is 45.3 Å². The van der Waals surface area contributed by atoms with Crippen LogP contribution in [-0.4, -0.2) is 46.1 Å². The van der Waals surface area contributed by atoms with Crippen LogP contribution in [-0.2, 0) is 25.7 Å². The number of hydrogen-bond acceptors (Lipinski definition) is 16. The molecule has 0 fully saturated rings. The molecule has 1 aliphatic heterocycles. The first-order valence-corrected chi connectivity index (χ1v) is 19.2. The van der Waals surface area contributed by atoms with Crippen LogP contribution < -0.4 is 21.3 Å². The van der Waals surface area contributed by atoms with Crippen molar-refractivity contribution >= 4 is 23.5 Å². The van der Waals surface area contributed by atoms with Crippen LogP contribution >= 0.6 is 0 Å². The average Bonchev–Trinajstić information content (AvgIpc) is 4.03. The second-order valence-electron chi connectivity index (χ2n) is 13.7. The van der Waals surface area contributed by atoms with Crippen LogP contribution in [0.2, 0.25) is 0 Å². The van der Waals surface area contributed by atoms with E-state index in [9.17, 15) is 21.0 Å². The first-order valence-electron chi connectivity index (χ1n) is 19.2. The summed E-state index contributed by atoms with van der Waals surface area (Å²) in [6, 6.07) is 24.0. The van der Waals surface area contributed by atoms with Gasteiger partial charge in [0.1, 0.15) is 24.3 Å². The maximum atomic E-state index is 9.77. The third-order valence-electron chi connectivity index (χ3n) is 9.56. The maximum absolute atomic E-state index is 9.77. The van der Waals surface area contributed by atoms with Gasteiger partial charge in [-0.25, -0.2) is 19.9 Å². The van der Waals surface area contributed by atoms with E-state index in [4.69, 9.17) is 17.7 Å². The summed E-state index contributed by atoms with van der Waals surface area (Å²) in [5.41, 5.74) is 4.46. The molecule has 0 amide bonds. The number of anilines is 4. The third-order valence-corrected chi connectivity index (χ3v) is 9.56. The van der Waals surface area contributed by atoms with Gasteiger partial charge in [-0.1, -0.05) is 48.5 Å². The fourth-order valence-electron chi connectivity index (χ4n) is 6.66. The van der Waals surface area contributed by atoms with Crippen LogP contribution in [0.4, 0.5) is 23.5 Å². The van der Waals surface area contributed by atoms with Crippen molar-refractivity contribution in [3.8, 4) is 24.3 Å². The molecule has 7 rings (SSSR count). The molecule has 4 N–H and O–H groups in total. The van der Waals surface area contributed by atoms with Crippen molar-refractivity contribution in [2.75, 3.05) is 47.4 Å². The number of fused-ring (bicyclic) bond motifs is 10. The van der Waals surface area contributed by atoms with E-state index in [1.54, 1.807) is 0 Å². The SMILES string of the molecule is N#Cc1nc2oc1NCCCCCNc1oc(nc1C#N)Cc1ccccc1Cc1nc(C#N)c(o1)NCCCCCNc1oc(nc1C#N)Cc1ccccc1C2. The van der Waals surface area contributed by atoms with Gasteiger partial charge in [-0.3, -0.25) is 0 Å². The molecular formula is C42H40N12O4. The summed E-state index contributed by atoms with van der Waals surface area (Å²) < 4.78 is 24.0. The lowest BCUT2D eigenvalue weighted by Gasteiger charge is -2.07. The highest BCUT2D eigenvalue weighted by Gasteiger charge is 2.20. The third kappa shape index (κ3) is 9.62. The van der Waals surface area contributed by atoms with Gasteiger partial charge in [0, 0.05) is 51.9 Å². The Kier molecular flexibility index (Phi) is 12.6. The molecule has 8 bridgehead atoms. The fourth-order valence-corrected chi connectivity index (χ4v) is 6.66. The van der Waals surface area contributed by atoms with Gasteiger partial charge < -0.3 is 38.9 Å². The Morgan fingerprint density at radius 3 is 0.845 bits per heavy atom. The number of nitrogens with one attached hydrogen (secondary N) is 4. The molecule has 58 heavy (non-hydrogen) atoms. The van der Waals surface area contributed by atoms with E-state index < -0.39 is 0 Å². The number of nitriles is 4. The summed E-state index contributed by atoms with van der Waals surface area (Å²) in [4.78, 5) is 17.8. The number of aromatic nitrogens is 4. The number of hydrogen-bond donors (Lipinski definition) is 4. The Hall–Kier alpha value is -7.56. The molecule has 0 saturated heterocycles. The van der Waals surface area contributed by atoms with Gasteiger partial charge in [0.05, 0.1) is 0 Å². The normalized spacial score (nSPS) is 14.4. The zero-order valence-corrected chi connectivity index (χ0v) is 31.7. The van der Waals surface area contributed by atoms with Gasteiger partial charge in [-0.15, -0.1) is 0 Å². The van der Waals surface area contributed by atoms with Gasteiger partial charge >= 0.3 is 0 Å². The molecule has 1 aliphatic rings. The molecule has 0 atom stereocenters. The molecule has 16 heteroatoms. The second kappa shape index (κ2) is 18.9. The van der Waals surface area contributed by atoms with Gasteiger partial charge in [0.15, 0.2) is 0 Å². The molecule has 292 valence electrons. The largest absolute Gasteiger partial charge is 0.423 e. The van der Waals surface area contributed by atoms with E-state index in [2.05, 4.69) is 65.5 Å². The maximum Gasteiger partial charge on any atom is 0.232 e. The van der Waals surface area contributed by atoms with Gasteiger partial charge in [-0.2, -0.15) is 21.0 Å². The van der Waals surface area contributed by atoms with E-state index >= 15 is 0 Å². The molecule has 5 heterocycles. The minimum atomic E-state index is 0.188. The van der Waals surface area contributed by atoms with Crippen molar-refractivity contribution in [1.82, 2.24) is 19.9 Å². The quantitative estimate of drug-likeness (QED) is 0.119. The van der Waals surface area contributed by atoms with Crippen LogP contribution in [0.1, 0.15) is 107 Å². The zero-order valence-electron chi connectivity index (χ0n) is 31.7. The standard InChI is InChI=1S/C42H40N12O4/c43-23-31-39-47-15-7-1-8-16-48-40-32(24-44)52-36(56-40)20-28-12-4-6-14-30(28)22-38-54-34(26-46)42(58-38)50-18-10-2-9-17-49-41-33(25-45)53-37(57-41)21-29-13-5-3-11-27(29)19-35(51-31)55-39/h3-6,11-14,47-50H,1-2,7-10,15-22H2. The minimum absolute atomic E-state index is 0.188. The van der Waals surface area contributed by atoms with E-state index in [-0.39, 0.29) is 22.8 Å². The monoisotopic (exact) mass is 776 g/mol. The Morgan fingerprint density at radius 1 is 0.379 bits per heavy atom. The number of rotatable bonds is 0. The molecule has 0 saturated carbocycles. The molecule has 16 nitrogen and oxygen atoms in total. The lowest BCUT2D eigenvalue weighted by molar-refractivity contribution is 0.508. The Bertz CT molecular complexity index is 2170. The van der Waals surface area contributed by atoms with Gasteiger partial charge in [0.2, 0.25) is 69.9 Å². The average molecular weight is 777 g/mol. The van der Waals surface area contributed by atoms with Gasteiger partial charge in [0.25, 0.3) is 0 Å². The molecule has 0 unspecified atom stereocenters. The van der Waals surface area contributed by atoms with Crippen molar-refractivity contribution in [2.24, 2.45) is 0 Å². The van der Waals surface area contributed by atoms with Crippen molar-refractivity contribution in [1.29, 1.82) is 21.0 Å². The smallest absolute Gasteiger partial charge is 0.232 e. The van der Waals surface area contributed by atoms with Crippen molar-refractivity contribution in [3.63, 3.8) is 0 Å². The summed E-state index contributed by atoms with van der Waals surface area (Å²) in [5.74, 6) is 2.91. The van der Waals surface area contributed by atoms with Crippen molar-refractivity contribution in [2.45, 2.75) is 64.2 Å². The van der Waals surface area contributed by atoms with E-state index in [0.29, 0.717) is 99.0 Å². The lowest BCUT2D eigenvalue weighted by atomic mass is 10.0. The molecule has 0 aliphatic carbocycles. The van der Waals surface area contributed by atoms with E-state index in [1.807, 2.05) is 48.5 Å². The first-order chi connectivity index (χ1) is 28.5. The molecule has 6 aromatic rings. The summed E-state index contributed by atoms with van der Waals surface area (Å²) in [6.45, 7) is 2.28. The highest BCUT2D eigenvalue weighted by molar-refractivity contribution is 5.49. The Morgan fingerprint density at radius 2 is 0.621 bits per heavy atom. The van der Waals surface area contributed by atoms with Crippen LogP contribution in [0.15, 0.2) is 66.2 Å². The van der Waals surface area contributed by atoms with Gasteiger partial charge in [-0.05, 0) is 60.8 Å². The molecule has 0 radical (unpaired) electrons. The highest BCUT2D eigenvalue weighted by Crippen LogP contribution is 2.26. The first kappa shape index (κ1) is 38.7. The number of benzene rings is 2. The van der Waals surface area contributed by atoms with Crippen molar-refractivity contribution in [3.05, 3.63) is 117 Å². The Labute approximate surface area is 334 Å². The predicted octanol–water partition coefficient (Wildman–Crippen LogP) is 7.19. The fraction of sp³-hybridized carbons (Fsp3) is 0.333. The topological polar surface area (TPSA) is 247 Å². The highest BCUT2D eigenvalue weighted by atomic mass is 16.4. The van der Waals surface area contributed by atoms with Crippen LogP contribution in [0.3, 0.4) is 0 Å². The molecular weight excluding hydrogens is 737 g/mol. The molecule has 0 spiro atoms. The van der Waals surface area contributed by atoms with Crippen LogP contribution in [0.5, 0.6) is 0 Å². The van der Waals surface area contributed by atoms with E-state index in [0.717, 1.165) is 60.8 Å². The Balaban J connectivity index is 1.06. The zero-order chi connectivity index (χ0) is 40.1. The molecule has 4 aromatic heterocycles.